The zero-order valence-corrected chi connectivity index (χ0v) is 6.91. The first kappa shape index (κ1) is 10.4. The van der Waals surface area contributed by atoms with Crippen LogP contribution >= 0.6 is 0 Å². The van der Waals surface area contributed by atoms with E-state index in [0.717, 1.165) is 0 Å². The smallest absolute Gasteiger partial charge is 0.295 e. The summed E-state index contributed by atoms with van der Waals surface area (Å²) in [7, 11) is 0. The van der Waals surface area contributed by atoms with Crippen LogP contribution in [0.15, 0.2) is 0 Å². The van der Waals surface area contributed by atoms with E-state index in [0.29, 0.717) is 19.7 Å². The largest absolute Gasteiger partial charge is 0.441 e. The molecule has 0 bridgehead atoms. The van der Waals surface area contributed by atoms with Gasteiger partial charge in [0, 0.05) is 6.61 Å². The van der Waals surface area contributed by atoms with Crippen LogP contribution in [0.5, 0.6) is 0 Å². The molecule has 0 spiro atoms. The SMILES string of the molecule is CCOCC(C)OCOC=O. The third kappa shape index (κ3) is 7.29. The maximum Gasteiger partial charge on any atom is 0.295 e. The third-order valence-corrected chi connectivity index (χ3v) is 1.05. The highest BCUT2D eigenvalue weighted by Crippen LogP contribution is 1.91. The number of rotatable bonds is 7. The molecular weight excluding hydrogens is 148 g/mol. The van der Waals surface area contributed by atoms with Gasteiger partial charge in [0.15, 0.2) is 6.79 Å². The molecule has 4 nitrogen and oxygen atoms in total. The van der Waals surface area contributed by atoms with Crippen molar-refractivity contribution in [2.45, 2.75) is 20.0 Å². The summed E-state index contributed by atoms with van der Waals surface area (Å²) in [5.41, 5.74) is 0. The van der Waals surface area contributed by atoms with Crippen LogP contribution < -0.4 is 0 Å². The summed E-state index contributed by atoms with van der Waals surface area (Å²) in [5.74, 6) is 0. The van der Waals surface area contributed by atoms with E-state index in [2.05, 4.69) is 4.74 Å². The summed E-state index contributed by atoms with van der Waals surface area (Å²) < 4.78 is 14.4. The molecule has 11 heavy (non-hydrogen) atoms. The van der Waals surface area contributed by atoms with Crippen molar-refractivity contribution in [1.29, 1.82) is 0 Å². The highest BCUT2D eigenvalue weighted by atomic mass is 16.7. The van der Waals surface area contributed by atoms with E-state index in [1.165, 1.54) is 0 Å². The number of hydrogen-bond acceptors (Lipinski definition) is 4. The monoisotopic (exact) mass is 162 g/mol. The predicted molar refractivity (Wildman–Crippen MR) is 39.1 cm³/mol. The molecule has 0 aromatic carbocycles. The van der Waals surface area contributed by atoms with E-state index in [1.807, 2.05) is 13.8 Å². The van der Waals surface area contributed by atoms with Crippen LogP contribution in [0.1, 0.15) is 13.8 Å². The van der Waals surface area contributed by atoms with Crippen molar-refractivity contribution < 1.29 is 19.0 Å². The van der Waals surface area contributed by atoms with Crippen LogP contribution in [0.25, 0.3) is 0 Å². The molecule has 0 radical (unpaired) electrons. The first-order chi connectivity index (χ1) is 5.31. The summed E-state index contributed by atoms with van der Waals surface area (Å²) in [6, 6.07) is 0. The van der Waals surface area contributed by atoms with Crippen LogP contribution in [0.4, 0.5) is 0 Å². The van der Waals surface area contributed by atoms with Gasteiger partial charge in [-0.2, -0.15) is 0 Å². The molecule has 0 aliphatic rings. The van der Waals surface area contributed by atoms with Crippen LogP contribution in [-0.2, 0) is 19.0 Å². The first-order valence-corrected chi connectivity index (χ1v) is 3.55. The zero-order chi connectivity index (χ0) is 8.53. The van der Waals surface area contributed by atoms with Crippen LogP contribution in [0.3, 0.4) is 0 Å². The van der Waals surface area contributed by atoms with Crippen LogP contribution in [0.2, 0.25) is 0 Å². The maximum atomic E-state index is 9.67. The van der Waals surface area contributed by atoms with Crippen molar-refractivity contribution in [3.63, 3.8) is 0 Å². The highest BCUT2D eigenvalue weighted by molar-refractivity contribution is 5.36. The Bertz CT molecular complexity index is 94.4. The highest BCUT2D eigenvalue weighted by Gasteiger charge is 2.00. The molecule has 66 valence electrons. The van der Waals surface area contributed by atoms with Crippen molar-refractivity contribution >= 4 is 6.47 Å². The van der Waals surface area contributed by atoms with E-state index in [1.54, 1.807) is 0 Å². The van der Waals surface area contributed by atoms with Crippen LogP contribution in [0, 0.1) is 0 Å². The minimum absolute atomic E-state index is 0.00224. The molecule has 0 aromatic heterocycles. The van der Waals surface area contributed by atoms with Gasteiger partial charge in [0.05, 0.1) is 12.7 Å². The molecule has 0 N–H and O–H groups in total. The molecule has 0 aromatic rings. The lowest BCUT2D eigenvalue weighted by atomic mass is 10.4. The van der Waals surface area contributed by atoms with E-state index in [9.17, 15) is 4.79 Å². The number of carbonyl (C=O) groups is 1. The lowest BCUT2D eigenvalue weighted by Crippen LogP contribution is -2.17. The van der Waals surface area contributed by atoms with Gasteiger partial charge in [0.2, 0.25) is 0 Å². The Morgan fingerprint density at radius 2 is 2.27 bits per heavy atom. The van der Waals surface area contributed by atoms with Gasteiger partial charge in [-0.05, 0) is 13.8 Å². The maximum absolute atomic E-state index is 9.67. The quantitative estimate of drug-likeness (QED) is 0.311. The normalized spacial score (nSPS) is 12.5. The Hall–Kier alpha value is -0.610. The van der Waals surface area contributed by atoms with Gasteiger partial charge >= 0.3 is 0 Å². The Morgan fingerprint density at radius 1 is 1.55 bits per heavy atom. The Labute approximate surface area is 66.4 Å². The third-order valence-electron chi connectivity index (χ3n) is 1.05. The fourth-order valence-electron chi connectivity index (χ4n) is 0.515. The second-order valence-electron chi connectivity index (χ2n) is 2.02. The van der Waals surface area contributed by atoms with Gasteiger partial charge in [-0.15, -0.1) is 0 Å². The molecule has 4 heteroatoms. The van der Waals surface area contributed by atoms with Crippen LogP contribution in [-0.4, -0.2) is 32.6 Å². The molecule has 0 heterocycles. The fourth-order valence-corrected chi connectivity index (χ4v) is 0.515. The molecule has 0 rings (SSSR count). The average molecular weight is 162 g/mol. The van der Waals surface area contributed by atoms with Gasteiger partial charge in [-0.3, -0.25) is 4.79 Å². The number of hydrogen-bond donors (Lipinski definition) is 0. The Balaban J connectivity index is 3.08. The van der Waals surface area contributed by atoms with Crippen molar-refractivity contribution in [1.82, 2.24) is 0 Å². The molecule has 0 saturated heterocycles. The summed E-state index contributed by atoms with van der Waals surface area (Å²) in [4.78, 5) is 9.67. The van der Waals surface area contributed by atoms with Crippen molar-refractivity contribution in [2.75, 3.05) is 20.0 Å². The number of carbonyl (C=O) groups excluding carboxylic acids is 1. The standard InChI is InChI=1S/C7H14O4/c1-3-9-4-7(2)11-6-10-5-8/h5,7H,3-4,6H2,1-2H3. The van der Waals surface area contributed by atoms with E-state index in [-0.39, 0.29) is 12.9 Å². The molecule has 0 saturated carbocycles. The predicted octanol–water partition coefficient (Wildman–Crippen LogP) is 0.558. The van der Waals surface area contributed by atoms with Gasteiger partial charge in [0.1, 0.15) is 0 Å². The molecule has 1 unspecified atom stereocenters. The van der Waals surface area contributed by atoms with Crippen molar-refractivity contribution in [3.8, 4) is 0 Å². The second kappa shape index (κ2) is 7.50. The van der Waals surface area contributed by atoms with E-state index in [4.69, 9.17) is 9.47 Å². The second-order valence-corrected chi connectivity index (χ2v) is 2.02. The summed E-state index contributed by atoms with van der Waals surface area (Å²) in [5, 5.41) is 0. The minimum Gasteiger partial charge on any atom is -0.441 e. The zero-order valence-electron chi connectivity index (χ0n) is 6.91. The summed E-state index contributed by atoms with van der Waals surface area (Å²) in [6.45, 7) is 5.31. The topological polar surface area (TPSA) is 44.8 Å². The molecule has 1 atom stereocenters. The van der Waals surface area contributed by atoms with Crippen molar-refractivity contribution in [2.24, 2.45) is 0 Å². The van der Waals surface area contributed by atoms with Gasteiger partial charge in [-0.1, -0.05) is 0 Å². The lowest BCUT2D eigenvalue weighted by Gasteiger charge is -2.10. The number of ether oxygens (including phenoxy) is 3. The summed E-state index contributed by atoms with van der Waals surface area (Å²) >= 11 is 0. The fraction of sp³-hybridized carbons (Fsp3) is 0.857. The van der Waals surface area contributed by atoms with Gasteiger partial charge in [0.25, 0.3) is 6.47 Å². The van der Waals surface area contributed by atoms with Crippen molar-refractivity contribution in [3.05, 3.63) is 0 Å². The van der Waals surface area contributed by atoms with Gasteiger partial charge in [-0.25, -0.2) is 0 Å². The average Bonchev–Trinajstić information content (AvgIpc) is 2.01. The van der Waals surface area contributed by atoms with E-state index < -0.39 is 0 Å². The summed E-state index contributed by atoms with van der Waals surface area (Å²) in [6.07, 6.45) is -0.0325. The molecule has 0 amide bonds. The molecule has 0 aliphatic heterocycles. The van der Waals surface area contributed by atoms with E-state index >= 15 is 0 Å². The Kier molecular flexibility index (Phi) is 7.08. The first-order valence-electron chi connectivity index (χ1n) is 3.55. The molecule has 0 aliphatic carbocycles. The molecular formula is C7H14O4. The lowest BCUT2D eigenvalue weighted by molar-refractivity contribution is -0.147. The molecule has 0 fully saturated rings. The Morgan fingerprint density at radius 3 is 2.82 bits per heavy atom. The van der Waals surface area contributed by atoms with Gasteiger partial charge < -0.3 is 14.2 Å². The minimum atomic E-state index is -0.0325.